The molecule has 1 aromatic heterocycles. The number of nitrogens with one attached hydrogen (secondary N) is 3. The van der Waals surface area contributed by atoms with Gasteiger partial charge in [0.15, 0.2) is 0 Å². The summed E-state index contributed by atoms with van der Waals surface area (Å²) >= 11 is 0. The molecule has 0 bridgehead atoms. The van der Waals surface area contributed by atoms with Crippen LogP contribution < -0.4 is 10.6 Å². The van der Waals surface area contributed by atoms with Gasteiger partial charge in [0, 0.05) is 19.2 Å². The number of amidine groups is 1. The summed E-state index contributed by atoms with van der Waals surface area (Å²) in [7, 11) is 1.67. The molecule has 0 saturated carbocycles. The summed E-state index contributed by atoms with van der Waals surface area (Å²) in [6, 6.07) is 19.8. The lowest BCUT2D eigenvalue weighted by Crippen LogP contribution is -2.62. The highest BCUT2D eigenvalue weighted by Gasteiger charge is 2.44. The molecular weight excluding hydrogens is 416 g/mol. The zero-order valence-electron chi connectivity index (χ0n) is 18.7. The largest absolute Gasteiger partial charge is 0.383 e. The van der Waals surface area contributed by atoms with Gasteiger partial charge in [0.05, 0.1) is 36.8 Å². The minimum absolute atomic E-state index is 0.0549. The number of piperidine rings is 1. The van der Waals surface area contributed by atoms with Crippen molar-refractivity contribution in [1.29, 1.82) is 0 Å². The Morgan fingerprint density at radius 3 is 2.76 bits per heavy atom. The molecule has 0 aliphatic carbocycles. The fourth-order valence-electron chi connectivity index (χ4n) is 4.59. The highest BCUT2D eigenvalue weighted by Crippen LogP contribution is 2.36. The maximum Gasteiger partial charge on any atom is 0.271 e. The van der Waals surface area contributed by atoms with Crippen molar-refractivity contribution in [3.05, 3.63) is 66.4 Å². The average molecular weight is 445 g/mol. The van der Waals surface area contributed by atoms with Crippen molar-refractivity contribution >= 4 is 23.1 Å². The first kappa shape index (κ1) is 21.2. The number of hydrogen-bond donors (Lipinski definition) is 3. The number of anilines is 2. The van der Waals surface area contributed by atoms with E-state index in [9.17, 15) is 4.79 Å². The molecule has 5 rings (SSSR count). The van der Waals surface area contributed by atoms with Crippen LogP contribution in [0.2, 0.25) is 0 Å². The number of aromatic nitrogens is 2. The number of aliphatic imine (C=N–C) groups is 1. The number of hydrogen-bond acceptors (Lipinski definition) is 5. The van der Waals surface area contributed by atoms with Crippen LogP contribution in [-0.2, 0) is 4.74 Å². The first-order chi connectivity index (χ1) is 16.2. The van der Waals surface area contributed by atoms with Crippen LogP contribution in [0.25, 0.3) is 11.3 Å². The fraction of sp³-hybridized carbons (Fsp3) is 0.320. The maximum atomic E-state index is 13.4. The van der Waals surface area contributed by atoms with E-state index in [1.807, 2.05) is 59.5 Å². The Morgan fingerprint density at radius 1 is 1.15 bits per heavy atom. The molecule has 1 saturated heterocycles. The molecule has 1 atom stereocenters. The monoisotopic (exact) mass is 444 g/mol. The van der Waals surface area contributed by atoms with E-state index in [0.29, 0.717) is 31.9 Å². The molecule has 8 heteroatoms. The number of amides is 1. The first-order valence-electron chi connectivity index (χ1n) is 11.3. The summed E-state index contributed by atoms with van der Waals surface area (Å²) in [6.07, 6.45) is 1.74. The summed E-state index contributed by atoms with van der Waals surface area (Å²) < 4.78 is 5.20. The number of fused-ring (bicyclic) bond motifs is 1. The number of aromatic amines is 1. The molecule has 2 aliphatic rings. The van der Waals surface area contributed by atoms with Gasteiger partial charge in [-0.25, -0.2) is 0 Å². The molecule has 3 heterocycles. The van der Waals surface area contributed by atoms with Crippen LogP contribution in [0, 0.1) is 0 Å². The highest BCUT2D eigenvalue weighted by atomic mass is 16.5. The number of nitrogens with zero attached hydrogens (tertiary/aromatic N) is 3. The van der Waals surface area contributed by atoms with Crippen LogP contribution >= 0.6 is 0 Å². The summed E-state index contributed by atoms with van der Waals surface area (Å²) in [5.74, 6) is 0.797. The summed E-state index contributed by atoms with van der Waals surface area (Å²) in [4.78, 5) is 20.1. The van der Waals surface area contributed by atoms with Crippen molar-refractivity contribution in [2.24, 2.45) is 4.99 Å². The van der Waals surface area contributed by atoms with Gasteiger partial charge in [0.25, 0.3) is 5.91 Å². The third-order valence-electron chi connectivity index (χ3n) is 6.23. The Labute approximate surface area is 193 Å². The Balaban J connectivity index is 1.41. The molecule has 3 N–H and O–H groups in total. The van der Waals surface area contributed by atoms with Crippen molar-refractivity contribution in [2.75, 3.05) is 44.0 Å². The standard InChI is InChI=1S/C25H28N6O2/c1-33-15-13-26-24-25(28-20-11-6-5-10-19(20)27-24)12-7-14-31(17-25)23(32)22-16-21(29-30-22)18-8-3-2-4-9-18/h2-6,8-11,16,28H,7,12-15,17H2,1H3,(H,26,27)(H,29,30)/t25-/m1/s1. The van der Waals surface area contributed by atoms with Gasteiger partial charge in [-0.3, -0.25) is 14.9 Å². The van der Waals surface area contributed by atoms with E-state index in [4.69, 9.17) is 9.73 Å². The molecule has 8 nitrogen and oxygen atoms in total. The second-order valence-electron chi connectivity index (χ2n) is 8.46. The lowest BCUT2D eigenvalue weighted by atomic mass is 9.85. The molecule has 0 radical (unpaired) electrons. The number of carbonyl (C=O) groups excluding carboxylic acids is 1. The average Bonchev–Trinajstić information content (AvgIpc) is 3.35. The normalized spacial score (nSPS) is 20.9. The van der Waals surface area contributed by atoms with Gasteiger partial charge in [-0.15, -0.1) is 0 Å². The third-order valence-corrected chi connectivity index (χ3v) is 6.23. The lowest BCUT2D eigenvalue weighted by Gasteiger charge is -2.47. The number of carbonyl (C=O) groups is 1. The highest BCUT2D eigenvalue weighted by molar-refractivity contribution is 6.10. The summed E-state index contributed by atoms with van der Waals surface area (Å²) in [5.41, 5.74) is 3.77. The summed E-state index contributed by atoms with van der Waals surface area (Å²) in [6.45, 7) is 2.30. The molecule has 0 unspecified atom stereocenters. The molecule has 2 aromatic carbocycles. The fourth-order valence-corrected chi connectivity index (χ4v) is 4.59. The van der Waals surface area contributed by atoms with Gasteiger partial charge in [0.1, 0.15) is 17.1 Å². The zero-order valence-corrected chi connectivity index (χ0v) is 18.7. The molecule has 1 amide bonds. The first-order valence-corrected chi connectivity index (χ1v) is 11.3. The molecule has 3 aromatic rings. The van der Waals surface area contributed by atoms with Gasteiger partial charge in [-0.2, -0.15) is 5.10 Å². The van der Waals surface area contributed by atoms with E-state index in [0.717, 1.165) is 41.3 Å². The van der Waals surface area contributed by atoms with Crippen molar-refractivity contribution in [1.82, 2.24) is 15.1 Å². The zero-order chi connectivity index (χ0) is 22.7. The van der Waals surface area contributed by atoms with Gasteiger partial charge in [0.2, 0.25) is 0 Å². The van der Waals surface area contributed by atoms with Crippen molar-refractivity contribution in [3.63, 3.8) is 0 Å². The Morgan fingerprint density at radius 2 is 1.94 bits per heavy atom. The van der Waals surface area contributed by atoms with E-state index >= 15 is 0 Å². The van der Waals surface area contributed by atoms with Crippen molar-refractivity contribution in [2.45, 2.75) is 18.4 Å². The van der Waals surface area contributed by atoms with E-state index < -0.39 is 5.54 Å². The Bertz CT molecular complexity index is 1160. The molecule has 33 heavy (non-hydrogen) atoms. The molecule has 170 valence electrons. The number of ether oxygens (including phenoxy) is 1. The second kappa shape index (κ2) is 9.07. The second-order valence-corrected chi connectivity index (χ2v) is 8.46. The minimum Gasteiger partial charge on any atom is -0.383 e. The van der Waals surface area contributed by atoms with Gasteiger partial charge in [-0.05, 0) is 31.0 Å². The van der Waals surface area contributed by atoms with E-state index in [-0.39, 0.29) is 5.91 Å². The molecule has 1 fully saturated rings. The number of para-hydroxylation sites is 2. The van der Waals surface area contributed by atoms with E-state index in [2.05, 4.69) is 26.9 Å². The number of H-pyrrole nitrogens is 1. The summed E-state index contributed by atoms with van der Waals surface area (Å²) in [5, 5.41) is 14.5. The van der Waals surface area contributed by atoms with Crippen molar-refractivity contribution < 1.29 is 9.53 Å². The number of methoxy groups -OCH3 is 1. The minimum atomic E-state index is -0.474. The molecular formula is C25H28N6O2. The third kappa shape index (κ3) is 4.21. The predicted octanol–water partition coefficient (Wildman–Crippen LogP) is 3.63. The van der Waals surface area contributed by atoms with Crippen LogP contribution in [-0.4, -0.2) is 65.7 Å². The Kier molecular flexibility index (Phi) is 5.83. The smallest absolute Gasteiger partial charge is 0.271 e. The number of rotatable bonds is 5. The van der Waals surface area contributed by atoms with Crippen LogP contribution in [0.5, 0.6) is 0 Å². The maximum absolute atomic E-state index is 13.4. The predicted molar refractivity (Wildman–Crippen MR) is 130 cm³/mol. The van der Waals surface area contributed by atoms with Gasteiger partial charge >= 0.3 is 0 Å². The Hall–Kier alpha value is -3.65. The van der Waals surface area contributed by atoms with Crippen LogP contribution in [0.3, 0.4) is 0 Å². The van der Waals surface area contributed by atoms with E-state index in [1.165, 1.54) is 0 Å². The van der Waals surface area contributed by atoms with Crippen LogP contribution in [0.4, 0.5) is 11.4 Å². The van der Waals surface area contributed by atoms with Gasteiger partial charge in [-0.1, -0.05) is 42.5 Å². The molecule has 1 spiro atoms. The number of benzene rings is 2. The number of likely N-dealkylation sites (tertiary alicyclic amines) is 1. The lowest BCUT2D eigenvalue weighted by molar-refractivity contribution is 0.0688. The topological polar surface area (TPSA) is 94.6 Å². The SMILES string of the molecule is COCCN=C1Nc2ccccc2N[C@@]12CCCN(C(=O)c1cc(-c3ccccc3)n[nH]1)C2. The van der Waals surface area contributed by atoms with Crippen molar-refractivity contribution in [3.8, 4) is 11.3 Å². The van der Waals surface area contributed by atoms with Crippen LogP contribution in [0.15, 0.2) is 65.7 Å². The quantitative estimate of drug-likeness (QED) is 0.523. The van der Waals surface area contributed by atoms with E-state index in [1.54, 1.807) is 7.11 Å². The van der Waals surface area contributed by atoms with Gasteiger partial charge < -0.3 is 20.3 Å². The molecule has 2 aliphatic heterocycles. The van der Waals surface area contributed by atoms with Crippen LogP contribution in [0.1, 0.15) is 23.3 Å².